The lowest BCUT2D eigenvalue weighted by molar-refractivity contribution is -0.183. The molecule has 1 spiro atoms. The van der Waals surface area contributed by atoms with E-state index in [-0.39, 0.29) is 43.0 Å². The van der Waals surface area contributed by atoms with Crippen LogP contribution in [0.5, 0.6) is 28.7 Å². The van der Waals surface area contributed by atoms with Gasteiger partial charge in [0.05, 0.1) is 24.7 Å². The molecule has 6 atom stereocenters. The highest BCUT2D eigenvalue weighted by molar-refractivity contribution is 5.77. The average Bonchev–Trinajstić information content (AvgIpc) is 3.64. The number of aliphatic hydroxyl groups is 1. The Balaban J connectivity index is 1.26. The van der Waals surface area contributed by atoms with Gasteiger partial charge in [0, 0.05) is 54.1 Å². The van der Waals surface area contributed by atoms with E-state index in [0.717, 1.165) is 39.8 Å². The van der Waals surface area contributed by atoms with Gasteiger partial charge in [-0.05, 0) is 56.8 Å². The van der Waals surface area contributed by atoms with Crippen molar-refractivity contribution in [2.24, 2.45) is 0 Å². The standard InChI is InChI=1S/C37H41N3O8/c1-18-13-22-24-15-37(24)36(44)40-25(30(39(37)4)29(22)31(43)32(18)45-5)14-23-28(35-34(46-17-47-35)19(2)33(23)48-20(3)41)26(40)16-38-27(42)12-11-21-9-7-6-8-10-21/h6-10,13,24-26,30,36,43-44H,11-12,14-17H2,1-5H3,(H,38,42)/t24-,25?,26+,30+,36+,37?/m1/s1. The van der Waals surface area contributed by atoms with Crippen molar-refractivity contribution in [2.45, 2.75) is 82.3 Å². The van der Waals surface area contributed by atoms with E-state index in [4.69, 9.17) is 18.9 Å². The van der Waals surface area contributed by atoms with Gasteiger partial charge in [-0.1, -0.05) is 36.4 Å². The first kappa shape index (κ1) is 31.0. The molecule has 3 aromatic carbocycles. The van der Waals surface area contributed by atoms with Crippen molar-refractivity contribution >= 4 is 11.9 Å². The highest BCUT2D eigenvalue weighted by Crippen LogP contribution is 2.71. The van der Waals surface area contributed by atoms with Crippen LogP contribution in [0.4, 0.5) is 0 Å². The fourth-order valence-corrected chi connectivity index (χ4v) is 9.26. The van der Waals surface area contributed by atoms with Crippen LogP contribution >= 0.6 is 0 Å². The number of hydrogen-bond acceptors (Lipinski definition) is 10. The largest absolute Gasteiger partial charge is 0.504 e. The van der Waals surface area contributed by atoms with E-state index in [2.05, 4.69) is 21.2 Å². The second-order valence-electron chi connectivity index (χ2n) is 13.8. The molecule has 0 aromatic heterocycles. The maximum Gasteiger partial charge on any atom is 0.308 e. The topological polar surface area (TPSA) is 130 Å². The Hall–Kier alpha value is -4.32. The Morgan fingerprint density at radius 1 is 1.10 bits per heavy atom. The van der Waals surface area contributed by atoms with Crippen LogP contribution in [-0.4, -0.2) is 77.2 Å². The first-order valence-corrected chi connectivity index (χ1v) is 16.6. The third-order valence-electron chi connectivity index (χ3n) is 11.4. The zero-order valence-electron chi connectivity index (χ0n) is 27.8. The molecule has 2 unspecified atom stereocenters. The average molecular weight is 656 g/mol. The first-order chi connectivity index (χ1) is 23.1. The summed E-state index contributed by atoms with van der Waals surface area (Å²) in [5, 5.41) is 27.4. The number of phenolic OH excluding ortho intramolecular Hbond substituents is 1. The Kier molecular flexibility index (Phi) is 7.17. The summed E-state index contributed by atoms with van der Waals surface area (Å²) < 4.78 is 23.6. The third-order valence-corrected chi connectivity index (χ3v) is 11.4. The Morgan fingerprint density at radius 2 is 1.85 bits per heavy atom. The lowest BCUT2D eigenvalue weighted by Gasteiger charge is -2.60. The van der Waals surface area contributed by atoms with E-state index in [1.807, 2.05) is 51.2 Å². The van der Waals surface area contributed by atoms with Gasteiger partial charge in [0.1, 0.15) is 12.0 Å². The highest BCUT2D eigenvalue weighted by Gasteiger charge is 2.73. The molecule has 11 heteroatoms. The minimum atomic E-state index is -0.901. The van der Waals surface area contributed by atoms with Gasteiger partial charge in [-0.15, -0.1) is 0 Å². The number of likely N-dealkylation sites (N-methyl/N-ethyl adjacent to an activating group) is 1. The maximum atomic E-state index is 13.4. The lowest BCUT2D eigenvalue weighted by Crippen LogP contribution is -2.70. The van der Waals surface area contributed by atoms with Gasteiger partial charge in [-0.25, -0.2) is 0 Å². The number of carbonyl (C=O) groups excluding carboxylic acids is 2. The maximum absolute atomic E-state index is 13.4. The van der Waals surface area contributed by atoms with E-state index in [9.17, 15) is 19.8 Å². The van der Waals surface area contributed by atoms with E-state index in [1.54, 1.807) is 7.11 Å². The van der Waals surface area contributed by atoms with Gasteiger partial charge in [-0.3, -0.25) is 19.4 Å². The summed E-state index contributed by atoms with van der Waals surface area (Å²) in [5.74, 6) is 1.42. The smallest absolute Gasteiger partial charge is 0.308 e. The predicted molar refractivity (Wildman–Crippen MR) is 174 cm³/mol. The van der Waals surface area contributed by atoms with Crippen molar-refractivity contribution in [3.63, 3.8) is 0 Å². The number of aromatic hydroxyl groups is 1. The summed E-state index contributed by atoms with van der Waals surface area (Å²) in [6.45, 7) is 5.33. The molecular weight excluding hydrogens is 614 g/mol. The van der Waals surface area contributed by atoms with E-state index < -0.39 is 23.8 Å². The number of benzene rings is 3. The minimum Gasteiger partial charge on any atom is -0.504 e. The molecular formula is C37H41N3O8. The molecule has 1 saturated carbocycles. The monoisotopic (exact) mass is 655 g/mol. The van der Waals surface area contributed by atoms with Crippen molar-refractivity contribution in [2.75, 3.05) is 27.5 Å². The molecule has 1 amide bonds. The molecule has 48 heavy (non-hydrogen) atoms. The van der Waals surface area contributed by atoms with Crippen LogP contribution in [0, 0.1) is 13.8 Å². The van der Waals surface area contributed by atoms with Crippen LogP contribution in [0.25, 0.3) is 0 Å². The second kappa shape index (κ2) is 11.1. The van der Waals surface area contributed by atoms with Crippen molar-refractivity contribution in [1.29, 1.82) is 0 Å². The lowest BCUT2D eigenvalue weighted by atomic mass is 9.73. The number of carbonyl (C=O) groups is 2. The molecule has 11 nitrogen and oxygen atoms in total. The third kappa shape index (κ3) is 4.30. The summed E-state index contributed by atoms with van der Waals surface area (Å²) in [6, 6.07) is 10.7. The van der Waals surface area contributed by atoms with Crippen molar-refractivity contribution < 1.29 is 38.7 Å². The van der Waals surface area contributed by atoms with Gasteiger partial charge >= 0.3 is 5.97 Å². The molecule has 2 fully saturated rings. The van der Waals surface area contributed by atoms with Crippen LogP contribution in [-0.2, 0) is 22.4 Å². The van der Waals surface area contributed by atoms with Gasteiger partial charge in [0.15, 0.2) is 23.0 Å². The number of nitrogens with one attached hydrogen (secondary N) is 1. The molecule has 3 aromatic rings. The molecule has 4 aliphatic heterocycles. The number of hydrogen-bond donors (Lipinski definition) is 3. The number of amides is 1. The predicted octanol–water partition coefficient (Wildman–Crippen LogP) is 3.93. The van der Waals surface area contributed by atoms with Crippen LogP contribution in [0.15, 0.2) is 36.4 Å². The van der Waals surface area contributed by atoms with Gasteiger partial charge in [0.2, 0.25) is 12.7 Å². The molecule has 0 radical (unpaired) electrons. The molecule has 1 aliphatic carbocycles. The Labute approximate surface area is 279 Å². The number of aryl methyl sites for hydroxylation is 2. The summed E-state index contributed by atoms with van der Waals surface area (Å²) >= 11 is 0. The minimum absolute atomic E-state index is 0.00244. The number of aliphatic hydroxyl groups excluding tert-OH is 1. The van der Waals surface area contributed by atoms with E-state index in [0.29, 0.717) is 47.8 Å². The van der Waals surface area contributed by atoms with Crippen LogP contribution in [0.1, 0.15) is 76.7 Å². The quantitative estimate of drug-likeness (QED) is 0.254. The van der Waals surface area contributed by atoms with Crippen molar-refractivity contribution in [3.8, 4) is 28.7 Å². The number of piperazine rings is 1. The number of methoxy groups -OCH3 is 1. The number of ether oxygens (including phenoxy) is 4. The highest BCUT2D eigenvalue weighted by atomic mass is 16.7. The van der Waals surface area contributed by atoms with E-state index >= 15 is 0 Å². The Morgan fingerprint density at radius 3 is 2.58 bits per heavy atom. The van der Waals surface area contributed by atoms with Crippen molar-refractivity contribution in [1.82, 2.24) is 15.1 Å². The number of esters is 1. The summed E-state index contributed by atoms with van der Waals surface area (Å²) in [7, 11) is 3.58. The van der Waals surface area contributed by atoms with Gasteiger partial charge in [0.25, 0.3) is 0 Å². The summed E-state index contributed by atoms with van der Waals surface area (Å²) in [5.41, 5.74) is 5.33. The number of fused-ring (bicyclic) bond motifs is 9. The first-order valence-electron chi connectivity index (χ1n) is 16.6. The second-order valence-corrected chi connectivity index (χ2v) is 13.8. The van der Waals surface area contributed by atoms with Crippen molar-refractivity contribution in [3.05, 3.63) is 75.3 Å². The van der Waals surface area contributed by atoms with Crippen LogP contribution in [0.2, 0.25) is 0 Å². The van der Waals surface area contributed by atoms with Crippen LogP contribution < -0.4 is 24.3 Å². The zero-order valence-corrected chi connectivity index (χ0v) is 27.8. The molecule has 5 aliphatic rings. The summed E-state index contributed by atoms with van der Waals surface area (Å²) in [6.07, 6.45) is 1.10. The molecule has 3 N–H and O–H groups in total. The molecule has 8 rings (SSSR count). The van der Waals surface area contributed by atoms with Gasteiger partial charge in [-0.2, -0.15) is 0 Å². The zero-order chi connectivity index (χ0) is 33.6. The number of phenols is 1. The Bertz CT molecular complexity index is 1850. The van der Waals surface area contributed by atoms with E-state index in [1.165, 1.54) is 6.92 Å². The fraction of sp³-hybridized carbons (Fsp3) is 0.459. The molecule has 2 bridgehead atoms. The fourth-order valence-electron chi connectivity index (χ4n) is 9.26. The van der Waals surface area contributed by atoms with Gasteiger partial charge < -0.3 is 34.5 Å². The SMILES string of the molecule is COc1c(C)cc2c(c1O)[C@@H]1C3Cc4c(OC(C)=O)c(C)c5c(c4[C@H](CNC(=O)CCc4ccccc4)N3[C@@H](O)C3(C[C@H]23)N1C)OCO5. The normalized spacial score (nSPS) is 27.7. The molecule has 4 heterocycles. The number of nitrogens with zero attached hydrogens (tertiary/aromatic N) is 2. The number of rotatable bonds is 7. The molecule has 1 saturated heterocycles. The van der Waals surface area contributed by atoms with Crippen LogP contribution in [0.3, 0.4) is 0 Å². The summed E-state index contributed by atoms with van der Waals surface area (Å²) in [4.78, 5) is 30.2. The molecule has 252 valence electrons.